The van der Waals surface area contributed by atoms with Crippen LogP contribution >= 0.6 is 23.4 Å². The number of fused-ring (bicyclic) bond motifs is 1. The third-order valence-electron chi connectivity index (χ3n) is 4.41. The molecule has 0 unspecified atom stereocenters. The van der Waals surface area contributed by atoms with Gasteiger partial charge in [0.1, 0.15) is 11.3 Å². The molecule has 0 aliphatic heterocycles. The Kier molecular flexibility index (Phi) is 5.37. The van der Waals surface area contributed by atoms with Gasteiger partial charge in [-0.25, -0.2) is 0 Å². The van der Waals surface area contributed by atoms with Gasteiger partial charge in [-0.2, -0.15) is 0 Å². The quantitative estimate of drug-likeness (QED) is 0.362. The van der Waals surface area contributed by atoms with Crippen molar-refractivity contribution in [3.05, 3.63) is 90.1 Å². The lowest BCUT2D eigenvalue weighted by atomic mass is 9.55. The molecule has 0 saturated carbocycles. The number of para-hydroxylation sites is 1. The van der Waals surface area contributed by atoms with Crippen LogP contribution in [0.1, 0.15) is 0 Å². The predicted octanol–water partition coefficient (Wildman–Crippen LogP) is 4.79. The summed E-state index contributed by atoms with van der Waals surface area (Å²) in [6, 6.07) is 26.2. The van der Waals surface area contributed by atoms with Gasteiger partial charge in [-0.15, -0.1) is 11.8 Å². The topological polar surface area (TPSA) is 22.1 Å². The molecule has 1 aromatic heterocycles. The summed E-state index contributed by atoms with van der Waals surface area (Å²) in [6.07, 6.45) is 3.86. The van der Waals surface area contributed by atoms with E-state index in [-0.39, 0.29) is 6.92 Å². The zero-order chi connectivity index (χ0) is 18.6. The van der Waals surface area contributed by atoms with E-state index in [1.807, 2.05) is 54.6 Å². The van der Waals surface area contributed by atoms with E-state index in [1.165, 1.54) is 4.90 Å². The molecule has 27 heavy (non-hydrogen) atoms. The summed E-state index contributed by atoms with van der Waals surface area (Å²) in [6.45, 7) is -0.271. The highest BCUT2D eigenvalue weighted by atomic mass is 35.5. The first-order valence-corrected chi connectivity index (χ1v) is 10.2. The largest absolute Gasteiger partial charge is 0.550 e. The van der Waals surface area contributed by atoms with Gasteiger partial charge < -0.3 is 4.65 Å². The number of halogens is 1. The van der Waals surface area contributed by atoms with E-state index in [2.05, 4.69) is 35.5 Å². The lowest BCUT2D eigenvalue weighted by Crippen LogP contribution is -2.47. The van der Waals surface area contributed by atoms with E-state index in [4.69, 9.17) is 16.3 Å². The van der Waals surface area contributed by atoms with Crippen LogP contribution in [0.2, 0.25) is 5.02 Å². The van der Waals surface area contributed by atoms with Crippen molar-refractivity contribution in [1.82, 2.24) is 4.98 Å². The van der Waals surface area contributed by atoms with Crippen molar-refractivity contribution in [2.45, 2.75) is 4.90 Å². The molecule has 2 nitrogen and oxygen atoms in total. The smallest absolute Gasteiger partial charge is 0.426 e. The highest BCUT2D eigenvalue weighted by Crippen LogP contribution is 2.24. The van der Waals surface area contributed by atoms with Crippen molar-refractivity contribution >= 4 is 52.1 Å². The molecule has 0 N–H and O–H groups in total. The first-order chi connectivity index (χ1) is 13.2. The Morgan fingerprint density at radius 3 is 2.44 bits per heavy atom. The number of benzene rings is 3. The van der Waals surface area contributed by atoms with Gasteiger partial charge in [0, 0.05) is 21.5 Å². The number of thioether (sulfide) groups is 1. The standard InChI is InChI=1S/C22H17BClNOS/c1-27-20-12-10-17(11-13-20)23(18-7-3-8-19(24)15-18)26-21-9-2-5-16-6-4-14-25-22(16)21/h2-15H,1H3. The van der Waals surface area contributed by atoms with Crippen LogP contribution in [0.25, 0.3) is 10.9 Å². The molecule has 132 valence electrons. The third-order valence-corrected chi connectivity index (χ3v) is 5.39. The maximum Gasteiger partial charge on any atom is 0.426 e. The summed E-state index contributed by atoms with van der Waals surface area (Å²) in [7, 11) is 0. The molecule has 0 fully saturated rings. The Hall–Kier alpha value is -2.43. The fraction of sp³-hybridized carbons (Fsp3) is 0.0455. The molecule has 3 aromatic carbocycles. The minimum absolute atomic E-state index is 0.271. The second-order valence-corrected chi connectivity index (χ2v) is 7.47. The Balaban J connectivity index is 1.79. The zero-order valence-corrected chi connectivity index (χ0v) is 16.4. The van der Waals surface area contributed by atoms with Crippen LogP contribution < -0.4 is 15.6 Å². The van der Waals surface area contributed by atoms with E-state index in [0.29, 0.717) is 5.02 Å². The van der Waals surface area contributed by atoms with Gasteiger partial charge in [-0.1, -0.05) is 54.1 Å². The fourth-order valence-corrected chi connectivity index (χ4v) is 3.68. The van der Waals surface area contributed by atoms with Gasteiger partial charge in [0.25, 0.3) is 0 Å². The molecule has 5 heteroatoms. The van der Waals surface area contributed by atoms with Crippen LogP contribution in [-0.2, 0) is 0 Å². The first kappa shape index (κ1) is 18.0. The highest BCUT2D eigenvalue weighted by molar-refractivity contribution is 7.98. The molecule has 0 saturated heterocycles. The maximum absolute atomic E-state index is 6.50. The fourth-order valence-electron chi connectivity index (χ4n) is 3.08. The van der Waals surface area contributed by atoms with Crippen LogP contribution in [0.3, 0.4) is 0 Å². The van der Waals surface area contributed by atoms with Crippen molar-refractivity contribution in [2.24, 2.45) is 0 Å². The van der Waals surface area contributed by atoms with Crippen LogP contribution in [-0.4, -0.2) is 18.2 Å². The molecular weight excluding hydrogens is 373 g/mol. The van der Waals surface area contributed by atoms with Crippen molar-refractivity contribution in [2.75, 3.05) is 6.26 Å². The molecule has 4 rings (SSSR count). The lowest BCUT2D eigenvalue weighted by molar-refractivity contribution is 0.597. The number of nitrogens with zero attached hydrogens (tertiary/aromatic N) is 1. The minimum atomic E-state index is -0.271. The van der Waals surface area contributed by atoms with Crippen molar-refractivity contribution in [3.8, 4) is 5.75 Å². The van der Waals surface area contributed by atoms with Gasteiger partial charge in [-0.05, 0) is 53.6 Å². The van der Waals surface area contributed by atoms with E-state index >= 15 is 0 Å². The third kappa shape index (κ3) is 3.97. The van der Waals surface area contributed by atoms with Gasteiger partial charge in [0.05, 0.1) is 0 Å². The van der Waals surface area contributed by atoms with Crippen molar-refractivity contribution in [3.63, 3.8) is 0 Å². The van der Waals surface area contributed by atoms with Gasteiger partial charge >= 0.3 is 6.92 Å². The SMILES string of the molecule is CSc1ccc(B(Oc2cccc3cccnc23)c2cccc(Cl)c2)cc1. The summed E-state index contributed by atoms with van der Waals surface area (Å²) in [4.78, 5) is 5.73. The summed E-state index contributed by atoms with van der Waals surface area (Å²) in [5.41, 5.74) is 2.93. The maximum atomic E-state index is 6.50. The predicted molar refractivity (Wildman–Crippen MR) is 117 cm³/mol. The zero-order valence-electron chi connectivity index (χ0n) is 14.8. The normalized spacial score (nSPS) is 10.7. The van der Waals surface area contributed by atoms with Crippen LogP contribution in [0.5, 0.6) is 5.75 Å². The Morgan fingerprint density at radius 2 is 1.67 bits per heavy atom. The molecule has 0 aliphatic carbocycles. The molecule has 0 amide bonds. The van der Waals surface area contributed by atoms with Gasteiger partial charge in [0.2, 0.25) is 0 Å². The number of aromatic nitrogens is 1. The number of pyridine rings is 1. The Labute approximate surface area is 168 Å². The van der Waals surface area contributed by atoms with Crippen LogP contribution in [0, 0.1) is 0 Å². The molecule has 0 radical (unpaired) electrons. The summed E-state index contributed by atoms with van der Waals surface area (Å²) < 4.78 is 6.50. The average molecular weight is 390 g/mol. The molecule has 4 aromatic rings. The average Bonchev–Trinajstić information content (AvgIpc) is 2.72. The summed E-state index contributed by atoms with van der Waals surface area (Å²) in [5, 5.41) is 1.75. The second kappa shape index (κ2) is 8.07. The first-order valence-electron chi connectivity index (χ1n) is 8.64. The monoisotopic (exact) mass is 389 g/mol. The van der Waals surface area contributed by atoms with Crippen LogP contribution in [0.4, 0.5) is 0 Å². The van der Waals surface area contributed by atoms with E-state index in [0.717, 1.165) is 27.6 Å². The highest BCUT2D eigenvalue weighted by Gasteiger charge is 2.25. The van der Waals surface area contributed by atoms with E-state index in [9.17, 15) is 0 Å². The molecular formula is C22H17BClNOS. The number of hydrogen-bond donors (Lipinski definition) is 0. The van der Waals surface area contributed by atoms with Gasteiger partial charge in [-0.3, -0.25) is 4.98 Å². The molecule has 0 bridgehead atoms. The van der Waals surface area contributed by atoms with E-state index in [1.54, 1.807) is 18.0 Å². The molecule has 0 aliphatic rings. The van der Waals surface area contributed by atoms with Crippen LogP contribution in [0.15, 0.2) is 90.0 Å². The molecule has 0 spiro atoms. The second-order valence-electron chi connectivity index (χ2n) is 6.16. The summed E-state index contributed by atoms with van der Waals surface area (Å²) >= 11 is 7.97. The van der Waals surface area contributed by atoms with E-state index < -0.39 is 0 Å². The van der Waals surface area contributed by atoms with Gasteiger partial charge in [0.15, 0.2) is 0 Å². The number of rotatable bonds is 5. The summed E-state index contributed by atoms with van der Waals surface area (Å²) in [5.74, 6) is 0.756. The minimum Gasteiger partial charge on any atom is -0.550 e. The van der Waals surface area contributed by atoms with Crippen molar-refractivity contribution < 1.29 is 4.65 Å². The number of hydrogen-bond acceptors (Lipinski definition) is 3. The molecule has 1 heterocycles. The molecule has 0 atom stereocenters. The lowest BCUT2D eigenvalue weighted by Gasteiger charge is -2.18. The van der Waals surface area contributed by atoms with Crippen molar-refractivity contribution in [1.29, 1.82) is 0 Å². The Morgan fingerprint density at radius 1 is 0.889 bits per heavy atom. The Bertz CT molecular complexity index is 1070.